The maximum absolute atomic E-state index is 13.4. The van der Waals surface area contributed by atoms with Gasteiger partial charge >= 0.3 is 0 Å². The lowest BCUT2D eigenvalue weighted by Gasteiger charge is -2.07. The Balaban J connectivity index is 2.38. The van der Waals surface area contributed by atoms with Crippen LogP contribution >= 0.6 is 12.2 Å². The van der Waals surface area contributed by atoms with E-state index in [-0.39, 0.29) is 10.6 Å². The zero-order chi connectivity index (χ0) is 11.5. The molecule has 0 radical (unpaired) electrons. The maximum atomic E-state index is 13.4. The average molecular weight is 236 g/mol. The molecule has 0 amide bonds. The van der Waals surface area contributed by atoms with Crippen molar-refractivity contribution in [1.82, 2.24) is 15.2 Å². The molecule has 1 aromatic carbocycles. The maximum Gasteiger partial charge on any atom is 0.215 e. The summed E-state index contributed by atoms with van der Waals surface area (Å²) in [6.07, 6.45) is 0. The van der Waals surface area contributed by atoms with Gasteiger partial charge in [0.05, 0.1) is 5.69 Å². The van der Waals surface area contributed by atoms with Gasteiger partial charge < -0.3 is 5.32 Å². The van der Waals surface area contributed by atoms with E-state index >= 15 is 0 Å². The third-order valence-electron chi connectivity index (χ3n) is 2.00. The summed E-state index contributed by atoms with van der Waals surface area (Å²) < 4.78 is 13.6. The number of nitrogens with one attached hydrogen (secondary N) is 2. The van der Waals surface area contributed by atoms with Crippen molar-refractivity contribution in [2.45, 2.75) is 6.92 Å². The first kappa shape index (κ1) is 10.7. The zero-order valence-electron chi connectivity index (χ0n) is 8.49. The van der Waals surface area contributed by atoms with Gasteiger partial charge in [-0.2, -0.15) is 10.1 Å². The summed E-state index contributed by atoms with van der Waals surface area (Å²) in [6.45, 7) is 1.75. The average Bonchev–Trinajstić information content (AvgIpc) is 2.27. The van der Waals surface area contributed by atoms with Crippen molar-refractivity contribution in [2.24, 2.45) is 0 Å². The van der Waals surface area contributed by atoms with Gasteiger partial charge in [0, 0.05) is 0 Å². The highest BCUT2D eigenvalue weighted by molar-refractivity contribution is 7.71. The van der Waals surface area contributed by atoms with Crippen molar-refractivity contribution in [3.63, 3.8) is 0 Å². The van der Waals surface area contributed by atoms with Gasteiger partial charge in [0.15, 0.2) is 5.82 Å². The SMILES string of the molecule is Cc1n[nH]c(=S)nc1Nc1ccccc1F. The molecular weight excluding hydrogens is 227 g/mol. The number of aromatic amines is 1. The normalized spacial score (nSPS) is 10.1. The zero-order valence-corrected chi connectivity index (χ0v) is 9.31. The number of aryl methyl sites for hydroxylation is 1. The van der Waals surface area contributed by atoms with E-state index in [2.05, 4.69) is 20.5 Å². The minimum atomic E-state index is -0.345. The standard InChI is InChI=1S/C10H9FN4S/c1-6-9(13-10(16)15-14-6)12-8-5-3-2-4-7(8)11/h2-5H,1H3,(H2,12,13,15,16). The van der Waals surface area contributed by atoms with E-state index in [9.17, 15) is 4.39 Å². The fraction of sp³-hybridized carbons (Fsp3) is 0.100. The first-order chi connectivity index (χ1) is 7.66. The van der Waals surface area contributed by atoms with Crippen LogP contribution in [0.4, 0.5) is 15.9 Å². The number of halogens is 1. The van der Waals surface area contributed by atoms with Crippen molar-refractivity contribution >= 4 is 23.7 Å². The molecule has 2 aromatic rings. The molecule has 0 fully saturated rings. The second-order valence-corrected chi connectivity index (χ2v) is 3.57. The number of anilines is 2. The number of aromatic nitrogens is 3. The molecule has 0 saturated heterocycles. The highest BCUT2D eigenvalue weighted by Gasteiger charge is 2.05. The molecule has 2 N–H and O–H groups in total. The molecule has 4 nitrogen and oxygen atoms in total. The van der Waals surface area contributed by atoms with E-state index < -0.39 is 0 Å². The summed E-state index contributed by atoms with van der Waals surface area (Å²) in [7, 11) is 0. The fourth-order valence-electron chi connectivity index (χ4n) is 1.20. The Morgan fingerprint density at radius 2 is 2.12 bits per heavy atom. The number of hydrogen-bond donors (Lipinski definition) is 2. The van der Waals surface area contributed by atoms with Crippen molar-refractivity contribution in [2.75, 3.05) is 5.32 Å². The van der Waals surface area contributed by atoms with E-state index in [1.54, 1.807) is 25.1 Å². The highest BCUT2D eigenvalue weighted by atomic mass is 32.1. The first-order valence-corrected chi connectivity index (χ1v) is 5.02. The molecule has 0 saturated carbocycles. The molecule has 0 spiro atoms. The second kappa shape index (κ2) is 4.36. The minimum Gasteiger partial charge on any atom is -0.336 e. The van der Waals surface area contributed by atoms with Crippen molar-refractivity contribution in [3.05, 3.63) is 40.5 Å². The van der Waals surface area contributed by atoms with Crippen LogP contribution in [0.2, 0.25) is 0 Å². The lowest BCUT2D eigenvalue weighted by molar-refractivity contribution is 0.631. The van der Waals surface area contributed by atoms with E-state index in [0.29, 0.717) is 17.2 Å². The van der Waals surface area contributed by atoms with Crippen LogP contribution in [0.3, 0.4) is 0 Å². The van der Waals surface area contributed by atoms with Gasteiger partial charge in [-0.1, -0.05) is 12.1 Å². The van der Waals surface area contributed by atoms with Crippen LogP contribution in [0, 0.1) is 17.5 Å². The van der Waals surface area contributed by atoms with Gasteiger partial charge in [0.2, 0.25) is 4.77 Å². The van der Waals surface area contributed by atoms with Crippen LogP contribution in [0.25, 0.3) is 0 Å². The van der Waals surface area contributed by atoms with Gasteiger partial charge in [-0.3, -0.25) is 5.10 Å². The Morgan fingerprint density at radius 3 is 2.88 bits per heavy atom. The Morgan fingerprint density at radius 1 is 1.38 bits per heavy atom. The Bertz CT molecular complexity index is 567. The summed E-state index contributed by atoms with van der Waals surface area (Å²) in [6, 6.07) is 6.35. The molecule has 2 rings (SSSR count). The fourth-order valence-corrected chi connectivity index (χ4v) is 1.34. The molecule has 0 unspecified atom stereocenters. The Labute approximate surface area is 96.6 Å². The molecule has 0 aliphatic carbocycles. The summed E-state index contributed by atoms with van der Waals surface area (Å²) in [5, 5.41) is 9.33. The molecule has 0 bridgehead atoms. The number of para-hydroxylation sites is 1. The summed E-state index contributed by atoms with van der Waals surface area (Å²) in [5.41, 5.74) is 0.970. The molecular formula is C10H9FN4S. The molecule has 0 aliphatic heterocycles. The second-order valence-electron chi connectivity index (χ2n) is 3.18. The quantitative estimate of drug-likeness (QED) is 0.787. The van der Waals surface area contributed by atoms with Gasteiger partial charge in [0.1, 0.15) is 11.5 Å². The topological polar surface area (TPSA) is 53.6 Å². The molecule has 6 heteroatoms. The first-order valence-electron chi connectivity index (χ1n) is 4.61. The third-order valence-corrected chi connectivity index (χ3v) is 2.18. The lowest BCUT2D eigenvalue weighted by atomic mass is 10.3. The Kier molecular flexibility index (Phi) is 2.91. The van der Waals surface area contributed by atoms with Crippen molar-refractivity contribution in [1.29, 1.82) is 0 Å². The van der Waals surface area contributed by atoms with E-state index in [1.807, 2.05) is 0 Å². The van der Waals surface area contributed by atoms with Gasteiger partial charge in [-0.05, 0) is 31.3 Å². The monoisotopic (exact) mass is 236 g/mol. The smallest absolute Gasteiger partial charge is 0.215 e. The molecule has 0 atom stereocenters. The highest BCUT2D eigenvalue weighted by Crippen LogP contribution is 2.18. The van der Waals surface area contributed by atoms with Crippen molar-refractivity contribution < 1.29 is 4.39 Å². The molecule has 82 valence electrons. The molecule has 1 heterocycles. The number of benzene rings is 1. The van der Waals surface area contributed by atoms with Gasteiger partial charge in [-0.15, -0.1) is 0 Å². The van der Waals surface area contributed by atoms with Gasteiger partial charge in [0.25, 0.3) is 0 Å². The summed E-state index contributed by atoms with van der Waals surface area (Å²) >= 11 is 4.85. The van der Waals surface area contributed by atoms with E-state index in [4.69, 9.17) is 12.2 Å². The van der Waals surface area contributed by atoms with Crippen LogP contribution < -0.4 is 5.32 Å². The van der Waals surface area contributed by atoms with Gasteiger partial charge in [-0.25, -0.2) is 4.39 Å². The molecule has 1 aromatic heterocycles. The van der Waals surface area contributed by atoms with Crippen LogP contribution in [-0.2, 0) is 0 Å². The third kappa shape index (κ3) is 2.22. The number of rotatable bonds is 2. The van der Waals surface area contributed by atoms with Crippen LogP contribution in [0.5, 0.6) is 0 Å². The minimum absolute atomic E-state index is 0.254. The predicted molar refractivity (Wildman–Crippen MR) is 61.6 cm³/mol. The summed E-state index contributed by atoms with van der Waals surface area (Å²) in [5.74, 6) is 0.108. The molecule has 16 heavy (non-hydrogen) atoms. The summed E-state index contributed by atoms with van der Waals surface area (Å²) in [4.78, 5) is 4.03. The largest absolute Gasteiger partial charge is 0.336 e. The van der Waals surface area contributed by atoms with E-state index in [1.165, 1.54) is 6.07 Å². The van der Waals surface area contributed by atoms with Crippen LogP contribution in [0.1, 0.15) is 5.69 Å². The Hall–Kier alpha value is -1.82. The van der Waals surface area contributed by atoms with Crippen LogP contribution in [-0.4, -0.2) is 15.2 Å². The lowest BCUT2D eigenvalue weighted by Crippen LogP contribution is -2.02. The number of H-pyrrole nitrogens is 1. The molecule has 0 aliphatic rings. The predicted octanol–water partition coefficient (Wildman–Crippen LogP) is 2.73. The van der Waals surface area contributed by atoms with E-state index in [0.717, 1.165) is 0 Å². The number of nitrogens with zero attached hydrogens (tertiary/aromatic N) is 2. The number of hydrogen-bond acceptors (Lipinski definition) is 4. The van der Waals surface area contributed by atoms with Crippen LogP contribution in [0.15, 0.2) is 24.3 Å². The van der Waals surface area contributed by atoms with Crippen molar-refractivity contribution in [3.8, 4) is 0 Å².